The van der Waals surface area contributed by atoms with E-state index in [0.717, 1.165) is 29.5 Å². The molecule has 4 rings (SSSR count). The lowest BCUT2D eigenvalue weighted by Crippen LogP contribution is -2.18. The first-order valence-corrected chi connectivity index (χ1v) is 12.5. The summed E-state index contributed by atoms with van der Waals surface area (Å²) >= 11 is 2.64. The van der Waals surface area contributed by atoms with Gasteiger partial charge >= 0.3 is 0 Å². The lowest BCUT2D eigenvalue weighted by Gasteiger charge is -2.14. The second kappa shape index (κ2) is 8.21. The lowest BCUT2D eigenvalue weighted by molar-refractivity contribution is -0.387. The molecule has 0 saturated carbocycles. The van der Waals surface area contributed by atoms with Gasteiger partial charge in [-0.2, -0.15) is 4.36 Å². The molecule has 2 heterocycles. The van der Waals surface area contributed by atoms with Crippen LogP contribution >= 0.6 is 23.1 Å². The van der Waals surface area contributed by atoms with Crippen molar-refractivity contribution in [3.63, 3.8) is 0 Å². The van der Waals surface area contributed by atoms with Gasteiger partial charge in [0.15, 0.2) is 4.34 Å². The molecule has 0 N–H and O–H groups in total. The van der Waals surface area contributed by atoms with Gasteiger partial charge in [-0.15, -0.1) is 11.3 Å². The molecule has 10 heteroatoms. The summed E-state index contributed by atoms with van der Waals surface area (Å²) in [6.45, 7) is 0. The average Bonchev–Trinajstić information content (AvgIpc) is 3.10. The van der Waals surface area contributed by atoms with Gasteiger partial charge in [-0.3, -0.25) is 14.9 Å². The number of fused-ring (bicyclic) bond motifs is 1. The quantitative estimate of drug-likeness (QED) is 0.405. The molecule has 150 valence electrons. The molecule has 7 nitrogen and oxygen atoms in total. The number of benzene rings is 2. The van der Waals surface area contributed by atoms with Crippen molar-refractivity contribution in [1.29, 1.82) is 0 Å². The molecule has 2 aromatic carbocycles. The second-order valence-electron chi connectivity index (χ2n) is 6.63. The molecular formula is C19H17N3O4S3. The Morgan fingerprint density at radius 2 is 1.93 bits per heavy atom. The monoisotopic (exact) mass is 447 g/mol. The van der Waals surface area contributed by atoms with E-state index in [0.29, 0.717) is 20.7 Å². The van der Waals surface area contributed by atoms with Crippen molar-refractivity contribution in [2.45, 2.75) is 28.5 Å². The summed E-state index contributed by atoms with van der Waals surface area (Å²) in [5, 5.41) is 11.6. The Morgan fingerprint density at radius 1 is 1.17 bits per heavy atom. The van der Waals surface area contributed by atoms with Crippen LogP contribution in [0.1, 0.15) is 29.6 Å². The normalized spacial score (nSPS) is 15.9. The number of nitro benzene ring substituents is 1. The number of nitro groups is 1. The third-order valence-corrected chi connectivity index (χ3v) is 9.06. The van der Waals surface area contributed by atoms with Crippen molar-refractivity contribution in [2.24, 2.45) is 4.36 Å². The van der Waals surface area contributed by atoms with Gasteiger partial charge in [0.1, 0.15) is 0 Å². The summed E-state index contributed by atoms with van der Waals surface area (Å²) in [5.74, 6) is 0.162. The first kappa shape index (κ1) is 20.0. The fraction of sp³-hybridized carbons (Fsp3) is 0.263. The summed E-state index contributed by atoms with van der Waals surface area (Å²) in [5.41, 5.74) is 0.733. The Labute approximate surface area is 175 Å². The van der Waals surface area contributed by atoms with Crippen LogP contribution in [0.15, 0.2) is 56.1 Å². The summed E-state index contributed by atoms with van der Waals surface area (Å²) in [7, 11) is -2.55. The Hall–Kier alpha value is -2.30. The van der Waals surface area contributed by atoms with E-state index in [1.54, 1.807) is 0 Å². The van der Waals surface area contributed by atoms with Crippen molar-refractivity contribution < 1.29 is 13.9 Å². The van der Waals surface area contributed by atoms with E-state index in [2.05, 4.69) is 9.35 Å². The molecule has 1 amide bonds. The molecule has 0 radical (unpaired) electrons. The van der Waals surface area contributed by atoms with Crippen molar-refractivity contribution in [1.82, 2.24) is 4.98 Å². The fourth-order valence-corrected chi connectivity index (χ4v) is 7.31. The van der Waals surface area contributed by atoms with Crippen molar-refractivity contribution in [2.75, 3.05) is 11.5 Å². The number of thiazole rings is 1. The number of rotatable bonds is 4. The molecule has 0 atom stereocenters. The molecule has 0 spiro atoms. The third kappa shape index (κ3) is 4.49. The molecular weight excluding hydrogens is 430 g/mol. The van der Waals surface area contributed by atoms with Gasteiger partial charge in [0, 0.05) is 23.1 Å². The zero-order valence-corrected chi connectivity index (χ0v) is 17.7. The van der Waals surface area contributed by atoms with Crippen LogP contribution in [0.4, 0.5) is 5.69 Å². The Morgan fingerprint density at radius 3 is 2.66 bits per heavy atom. The van der Waals surface area contributed by atoms with Crippen molar-refractivity contribution in [3.8, 4) is 0 Å². The molecule has 0 aliphatic carbocycles. The van der Waals surface area contributed by atoms with Gasteiger partial charge in [0.05, 0.1) is 29.8 Å². The number of nitrogens with zero attached hydrogens (tertiary/aromatic N) is 3. The lowest BCUT2D eigenvalue weighted by atomic mass is 10.2. The van der Waals surface area contributed by atoms with E-state index in [1.807, 2.05) is 24.3 Å². The summed E-state index contributed by atoms with van der Waals surface area (Å²) in [4.78, 5) is 28.4. The van der Waals surface area contributed by atoms with Crippen LogP contribution in [-0.2, 0) is 9.73 Å². The molecule has 1 aromatic heterocycles. The minimum Gasteiger partial charge on any atom is -0.266 e. The number of hydrogen-bond acceptors (Lipinski definition) is 7. The maximum Gasteiger partial charge on any atom is 0.285 e. The maximum absolute atomic E-state index is 12.7. The first-order valence-electron chi connectivity index (χ1n) is 9.02. The molecule has 1 aliphatic rings. The van der Waals surface area contributed by atoms with Crippen LogP contribution in [0.3, 0.4) is 0 Å². The Bertz CT molecular complexity index is 1180. The zero-order valence-electron chi connectivity index (χ0n) is 15.3. The minimum atomic E-state index is -2.55. The number of aromatic nitrogens is 1. The molecule has 29 heavy (non-hydrogen) atoms. The molecule has 1 aliphatic heterocycles. The van der Waals surface area contributed by atoms with Crippen molar-refractivity contribution in [3.05, 3.63) is 58.1 Å². The smallest absolute Gasteiger partial charge is 0.266 e. The van der Waals surface area contributed by atoms with Crippen LogP contribution < -0.4 is 0 Å². The fourth-order valence-electron chi connectivity index (χ4n) is 3.10. The highest BCUT2D eigenvalue weighted by Crippen LogP contribution is 2.39. The van der Waals surface area contributed by atoms with E-state index in [4.69, 9.17) is 0 Å². The van der Waals surface area contributed by atoms with E-state index >= 15 is 0 Å². The van der Waals surface area contributed by atoms with Crippen LogP contribution in [0.2, 0.25) is 0 Å². The highest BCUT2D eigenvalue weighted by Gasteiger charge is 2.22. The Balaban J connectivity index is 1.64. The highest BCUT2D eigenvalue weighted by atomic mass is 32.2. The Kier molecular flexibility index (Phi) is 5.66. The summed E-state index contributed by atoms with van der Waals surface area (Å²) in [6, 6.07) is 11.9. The van der Waals surface area contributed by atoms with Crippen LogP contribution in [0, 0.1) is 10.1 Å². The SMILES string of the molecule is O=C(N=S1(=O)CCCCC1)c1ccc(Sc2nc3ccccc3s2)c([N+](=O)[O-])c1. The molecule has 0 unspecified atom stereocenters. The first-order chi connectivity index (χ1) is 13.9. The molecule has 1 saturated heterocycles. The van der Waals surface area contributed by atoms with E-state index < -0.39 is 20.6 Å². The van der Waals surface area contributed by atoms with Gasteiger partial charge in [0.2, 0.25) is 0 Å². The average molecular weight is 448 g/mol. The van der Waals surface area contributed by atoms with Crippen LogP contribution in [0.5, 0.6) is 0 Å². The van der Waals surface area contributed by atoms with Crippen LogP contribution in [0.25, 0.3) is 10.2 Å². The van der Waals surface area contributed by atoms with Gasteiger partial charge in [-0.05, 0) is 37.1 Å². The predicted octanol–water partition coefficient (Wildman–Crippen LogP) is 5.15. The largest absolute Gasteiger partial charge is 0.285 e. The van der Waals surface area contributed by atoms with E-state index in [1.165, 1.54) is 41.3 Å². The standard InChI is InChI=1S/C19H17N3O4S3/c23-18(21-29(26)10-4-1-5-11-29)13-8-9-17(15(12-13)22(24)25)28-19-20-14-6-2-3-7-16(14)27-19/h2-3,6-9,12H,1,4-5,10-11H2. The van der Waals surface area contributed by atoms with Gasteiger partial charge in [0.25, 0.3) is 11.6 Å². The van der Waals surface area contributed by atoms with Crippen LogP contribution in [-0.4, -0.2) is 31.5 Å². The number of para-hydroxylation sites is 1. The van der Waals surface area contributed by atoms with E-state index in [9.17, 15) is 19.1 Å². The number of amides is 1. The molecule has 0 bridgehead atoms. The van der Waals surface area contributed by atoms with Gasteiger partial charge in [-0.25, -0.2) is 9.19 Å². The summed E-state index contributed by atoms with van der Waals surface area (Å²) < 4.78 is 18.3. The van der Waals surface area contributed by atoms with E-state index in [-0.39, 0.29) is 11.3 Å². The zero-order chi connectivity index (χ0) is 20.4. The third-order valence-electron chi connectivity index (χ3n) is 4.55. The number of carbonyl (C=O) groups excluding carboxylic acids is 1. The number of hydrogen-bond donors (Lipinski definition) is 0. The molecule has 1 fully saturated rings. The molecule has 3 aromatic rings. The maximum atomic E-state index is 12.7. The second-order valence-corrected chi connectivity index (χ2v) is 11.5. The van der Waals surface area contributed by atoms with Gasteiger partial charge < -0.3 is 0 Å². The minimum absolute atomic E-state index is 0.0821. The van der Waals surface area contributed by atoms with Crippen molar-refractivity contribution >= 4 is 54.6 Å². The number of carbonyl (C=O) groups is 1. The highest BCUT2D eigenvalue weighted by molar-refractivity contribution is 8.01. The van der Waals surface area contributed by atoms with Gasteiger partial charge in [-0.1, -0.05) is 30.3 Å². The predicted molar refractivity (Wildman–Crippen MR) is 115 cm³/mol. The topological polar surface area (TPSA) is 103 Å². The summed E-state index contributed by atoms with van der Waals surface area (Å²) in [6.07, 6.45) is 2.56.